The molecule has 0 fully saturated rings. The van der Waals surface area contributed by atoms with Crippen LogP contribution in [0, 0.1) is 0 Å². The molecule has 0 aliphatic rings. The van der Waals surface area contributed by atoms with Gasteiger partial charge in [-0.2, -0.15) is 10.2 Å². The minimum atomic E-state index is -3.53. The molecule has 1 N–H and O–H groups in total. The van der Waals surface area contributed by atoms with E-state index in [9.17, 15) is 8.42 Å². The monoisotopic (exact) mass is 327 g/mol. The van der Waals surface area contributed by atoms with Crippen LogP contribution in [0.3, 0.4) is 0 Å². The second-order valence-corrected chi connectivity index (χ2v) is 6.18. The van der Waals surface area contributed by atoms with E-state index in [1.165, 1.54) is 12.3 Å². The predicted octanol–water partition coefficient (Wildman–Crippen LogP) is 1.72. The van der Waals surface area contributed by atoms with Crippen molar-refractivity contribution in [2.24, 2.45) is 0 Å². The molecule has 0 atom stereocenters. The highest BCUT2D eigenvalue weighted by molar-refractivity contribution is 9.10. The lowest BCUT2D eigenvalue weighted by Crippen LogP contribution is -2.23. The first-order valence-corrected chi connectivity index (χ1v) is 7.37. The Hall–Kier alpha value is -1.31. The molecule has 7 heteroatoms. The number of sulfonamides is 1. The molecule has 0 aliphatic carbocycles. The van der Waals surface area contributed by atoms with Gasteiger partial charge in [-0.05, 0) is 30.3 Å². The van der Waals surface area contributed by atoms with Crippen molar-refractivity contribution < 1.29 is 8.42 Å². The van der Waals surface area contributed by atoms with Crippen LogP contribution in [-0.2, 0) is 16.6 Å². The molecule has 0 saturated carbocycles. The molecule has 0 saturated heterocycles. The molecule has 2 aromatic rings. The number of hydrogen-bond acceptors (Lipinski definition) is 4. The third kappa shape index (κ3) is 3.34. The smallest absolute Gasteiger partial charge is 0.207 e. The number of nitrogens with zero attached hydrogens (tertiary/aromatic N) is 2. The Morgan fingerprint density at radius 2 is 2.06 bits per heavy atom. The maximum atomic E-state index is 12.0. The Labute approximate surface area is 113 Å². The Bertz CT molecular complexity index is 632. The molecule has 5 nitrogen and oxygen atoms in total. The van der Waals surface area contributed by atoms with Crippen LogP contribution in [0.4, 0.5) is 0 Å². The molecule has 0 aliphatic heterocycles. The standard InChI is InChI=1S/C11H10BrN3O2S/c12-9-3-1-5-11(7-9)18(16,17)14-8-10-4-2-6-13-15-10/h1-7,14H,8H2. The van der Waals surface area contributed by atoms with Crippen LogP contribution in [0.15, 0.2) is 52.0 Å². The van der Waals surface area contributed by atoms with Crippen molar-refractivity contribution in [2.45, 2.75) is 11.4 Å². The fourth-order valence-corrected chi connectivity index (χ4v) is 2.91. The maximum Gasteiger partial charge on any atom is 0.240 e. The summed E-state index contributed by atoms with van der Waals surface area (Å²) < 4.78 is 27.1. The highest BCUT2D eigenvalue weighted by atomic mass is 79.9. The zero-order chi connectivity index (χ0) is 13.0. The third-order valence-corrected chi connectivity index (χ3v) is 4.07. The Kier molecular flexibility index (Phi) is 4.05. The van der Waals surface area contributed by atoms with Gasteiger partial charge in [0.25, 0.3) is 0 Å². The van der Waals surface area contributed by atoms with Crippen molar-refractivity contribution in [3.05, 3.63) is 52.8 Å². The first-order valence-electron chi connectivity index (χ1n) is 5.10. The largest absolute Gasteiger partial charge is 0.240 e. The summed E-state index contributed by atoms with van der Waals surface area (Å²) in [6.07, 6.45) is 1.53. The van der Waals surface area contributed by atoms with E-state index >= 15 is 0 Å². The van der Waals surface area contributed by atoms with Gasteiger partial charge in [-0.3, -0.25) is 0 Å². The summed E-state index contributed by atoms with van der Waals surface area (Å²) in [4.78, 5) is 0.209. The molecule has 0 unspecified atom stereocenters. The second-order valence-electron chi connectivity index (χ2n) is 3.50. The summed E-state index contributed by atoms with van der Waals surface area (Å²) in [5.41, 5.74) is 0.566. The van der Waals surface area contributed by atoms with E-state index < -0.39 is 10.0 Å². The van der Waals surface area contributed by atoms with Gasteiger partial charge in [-0.15, -0.1) is 0 Å². The lowest BCUT2D eigenvalue weighted by atomic mass is 10.4. The maximum absolute atomic E-state index is 12.0. The van der Waals surface area contributed by atoms with Crippen LogP contribution in [0.25, 0.3) is 0 Å². The predicted molar refractivity (Wildman–Crippen MR) is 70.2 cm³/mol. The number of aromatic nitrogens is 2. The van der Waals surface area contributed by atoms with Gasteiger partial charge >= 0.3 is 0 Å². The molecule has 0 amide bonds. The molecule has 1 aromatic carbocycles. The first kappa shape index (κ1) is 13.1. The number of hydrogen-bond donors (Lipinski definition) is 1. The summed E-state index contributed by atoms with van der Waals surface area (Å²) in [7, 11) is -3.53. The van der Waals surface area contributed by atoms with Gasteiger partial charge in [-0.25, -0.2) is 13.1 Å². The summed E-state index contributed by atoms with van der Waals surface area (Å²) >= 11 is 3.24. The van der Waals surface area contributed by atoms with E-state index in [0.29, 0.717) is 10.2 Å². The van der Waals surface area contributed by atoms with Gasteiger partial charge in [0.2, 0.25) is 10.0 Å². The minimum absolute atomic E-state index is 0.114. The summed E-state index contributed by atoms with van der Waals surface area (Å²) in [5, 5.41) is 7.49. The van der Waals surface area contributed by atoms with E-state index in [0.717, 1.165) is 0 Å². The average molecular weight is 328 g/mol. The van der Waals surface area contributed by atoms with Crippen molar-refractivity contribution in [3.63, 3.8) is 0 Å². The SMILES string of the molecule is O=S(=O)(NCc1cccnn1)c1cccc(Br)c1. The van der Waals surface area contributed by atoms with Crippen LogP contribution in [0.5, 0.6) is 0 Å². The van der Waals surface area contributed by atoms with Crippen molar-refractivity contribution in [2.75, 3.05) is 0 Å². The van der Waals surface area contributed by atoms with E-state index in [-0.39, 0.29) is 11.4 Å². The lowest BCUT2D eigenvalue weighted by molar-refractivity contribution is 0.580. The van der Waals surface area contributed by atoms with Crippen molar-refractivity contribution >= 4 is 26.0 Å². The highest BCUT2D eigenvalue weighted by Gasteiger charge is 2.13. The Morgan fingerprint density at radius 3 is 2.72 bits per heavy atom. The van der Waals surface area contributed by atoms with Crippen LogP contribution < -0.4 is 4.72 Å². The molecular weight excluding hydrogens is 318 g/mol. The first-order chi connectivity index (χ1) is 8.58. The second kappa shape index (κ2) is 5.55. The lowest BCUT2D eigenvalue weighted by Gasteiger charge is -2.06. The molecule has 1 heterocycles. The van der Waals surface area contributed by atoms with Crippen LogP contribution in [0.2, 0.25) is 0 Å². The molecule has 0 radical (unpaired) electrons. The summed E-state index contributed by atoms with van der Waals surface area (Å²) in [5.74, 6) is 0. The number of halogens is 1. The number of rotatable bonds is 4. The van der Waals surface area contributed by atoms with Gasteiger partial charge in [0.05, 0.1) is 17.1 Å². The topological polar surface area (TPSA) is 72.0 Å². The molecule has 2 rings (SSSR count). The zero-order valence-electron chi connectivity index (χ0n) is 9.25. The molecule has 0 bridgehead atoms. The van der Waals surface area contributed by atoms with E-state index in [2.05, 4.69) is 30.8 Å². The van der Waals surface area contributed by atoms with Gasteiger partial charge in [0.15, 0.2) is 0 Å². The van der Waals surface area contributed by atoms with Gasteiger partial charge in [0, 0.05) is 10.7 Å². The Balaban J connectivity index is 2.13. The zero-order valence-corrected chi connectivity index (χ0v) is 11.6. The van der Waals surface area contributed by atoms with E-state index in [1.54, 1.807) is 30.3 Å². The third-order valence-electron chi connectivity index (χ3n) is 2.18. The summed E-state index contributed by atoms with van der Waals surface area (Å²) in [6.45, 7) is 0.114. The quantitative estimate of drug-likeness (QED) is 0.928. The average Bonchev–Trinajstić information content (AvgIpc) is 2.38. The van der Waals surface area contributed by atoms with E-state index in [4.69, 9.17) is 0 Å². The molecular formula is C11H10BrN3O2S. The highest BCUT2D eigenvalue weighted by Crippen LogP contribution is 2.15. The van der Waals surface area contributed by atoms with Crippen molar-refractivity contribution in [3.8, 4) is 0 Å². The minimum Gasteiger partial charge on any atom is -0.207 e. The fraction of sp³-hybridized carbons (Fsp3) is 0.0909. The number of benzene rings is 1. The molecule has 18 heavy (non-hydrogen) atoms. The normalized spacial score (nSPS) is 11.4. The fourth-order valence-electron chi connectivity index (χ4n) is 1.31. The van der Waals surface area contributed by atoms with E-state index in [1.807, 2.05) is 0 Å². The van der Waals surface area contributed by atoms with Crippen molar-refractivity contribution in [1.29, 1.82) is 0 Å². The van der Waals surface area contributed by atoms with Gasteiger partial charge in [0.1, 0.15) is 0 Å². The van der Waals surface area contributed by atoms with Gasteiger partial charge in [-0.1, -0.05) is 22.0 Å². The molecule has 1 aromatic heterocycles. The van der Waals surface area contributed by atoms with Crippen molar-refractivity contribution in [1.82, 2.24) is 14.9 Å². The molecule has 0 spiro atoms. The molecule has 94 valence electrons. The van der Waals surface area contributed by atoms with Crippen LogP contribution >= 0.6 is 15.9 Å². The number of nitrogens with one attached hydrogen (secondary N) is 1. The summed E-state index contributed by atoms with van der Waals surface area (Å²) in [6, 6.07) is 9.91. The van der Waals surface area contributed by atoms with Gasteiger partial charge < -0.3 is 0 Å². The Morgan fingerprint density at radius 1 is 1.22 bits per heavy atom. The van der Waals surface area contributed by atoms with Crippen LogP contribution in [-0.4, -0.2) is 18.6 Å². The van der Waals surface area contributed by atoms with Crippen LogP contribution in [0.1, 0.15) is 5.69 Å².